The van der Waals surface area contributed by atoms with Gasteiger partial charge in [-0.15, -0.1) is 0 Å². The van der Waals surface area contributed by atoms with E-state index in [-0.39, 0.29) is 11.8 Å². The summed E-state index contributed by atoms with van der Waals surface area (Å²) >= 11 is 0. The third kappa shape index (κ3) is 5.47. The molecule has 1 aromatic heterocycles. The van der Waals surface area contributed by atoms with Crippen molar-refractivity contribution in [1.29, 1.82) is 0 Å². The fraction of sp³-hybridized carbons (Fsp3) is 0.783. The first kappa shape index (κ1) is 22.3. The van der Waals surface area contributed by atoms with Crippen molar-refractivity contribution < 1.29 is 14.3 Å². The van der Waals surface area contributed by atoms with Crippen LogP contribution in [0.5, 0.6) is 0 Å². The summed E-state index contributed by atoms with van der Waals surface area (Å²) in [6.07, 6.45) is 8.19. The van der Waals surface area contributed by atoms with Gasteiger partial charge in [-0.3, -0.25) is 19.2 Å². The molecule has 8 heteroatoms. The Morgan fingerprint density at radius 1 is 1.13 bits per heavy atom. The lowest BCUT2D eigenvalue weighted by Crippen LogP contribution is -2.55. The Hall–Kier alpha value is -1.93. The van der Waals surface area contributed by atoms with Gasteiger partial charge in [0.1, 0.15) is 5.69 Å². The van der Waals surface area contributed by atoms with Gasteiger partial charge in [-0.1, -0.05) is 0 Å². The SMILES string of the molecule is CCn1ccc(C(=O)N(C)CCN(C2CCOCC2)C2CCCN(C(=O)C3CC3)C2)n1. The van der Waals surface area contributed by atoms with E-state index in [9.17, 15) is 9.59 Å². The summed E-state index contributed by atoms with van der Waals surface area (Å²) in [6.45, 7) is 7.55. The summed E-state index contributed by atoms with van der Waals surface area (Å²) < 4.78 is 7.39. The standard InChI is InChI=1S/C23H37N5O3/c1-3-27-12-8-21(24-27)23(30)25(2)13-14-28(19-9-15-31-16-10-19)20-5-4-11-26(17-20)22(29)18-6-7-18/h8,12,18-20H,3-7,9-11,13-17H2,1-2H3. The average Bonchev–Trinajstić information content (AvgIpc) is 3.55. The number of piperidine rings is 1. The number of carbonyl (C=O) groups excluding carboxylic acids is 2. The Balaban J connectivity index is 1.39. The van der Waals surface area contributed by atoms with E-state index in [1.165, 1.54) is 0 Å². The molecule has 31 heavy (non-hydrogen) atoms. The first-order valence-electron chi connectivity index (χ1n) is 12.0. The minimum Gasteiger partial charge on any atom is -0.381 e. The van der Waals surface area contributed by atoms with Crippen LogP contribution in [0.25, 0.3) is 0 Å². The summed E-state index contributed by atoms with van der Waals surface area (Å²) in [6, 6.07) is 2.61. The maximum Gasteiger partial charge on any atom is 0.274 e. The van der Waals surface area contributed by atoms with Crippen LogP contribution < -0.4 is 0 Å². The number of nitrogens with zero attached hydrogens (tertiary/aromatic N) is 5. The molecule has 4 rings (SSSR count). The van der Waals surface area contributed by atoms with Crippen molar-refractivity contribution in [3.8, 4) is 0 Å². The van der Waals surface area contributed by atoms with Crippen molar-refractivity contribution in [3.63, 3.8) is 0 Å². The zero-order valence-corrected chi connectivity index (χ0v) is 19.0. The number of likely N-dealkylation sites (N-methyl/N-ethyl adjacent to an activating group) is 1. The zero-order chi connectivity index (χ0) is 21.8. The van der Waals surface area contributed by atoms with E-state index in [2.05, 4.69) is 14.9 Å². The molecule has 172 valence electrons. The van der Waals surface area contributed by atoms with Gasteiger partial charge in [0.2, 0.25) is 5.91 Å². The Bertz CT molecular complexity index is 756. The van der Waals surface area contributed by atoms with Crippen LogP contribution in [0.4, 0.5) is 0 Å². The fourth-order valence-corrected chi connectivity index (χ4v) is 4.91. The van der Waals surface area contributed by atoms with Gasteiger partial charge >= 0.3 is 0 Å². The molecule has 0 bridgehead atoms. The molecular formula is C23H37N5O3. The quantitative estimate of drug-likeness (QED) is 0.628. The molecule has 3 aliphatic rings. The second-order valence-corrected chi connectivity index (χ2v) is 9.22. The Labute approximate surface area is 185 Å². The number of amides is 2. The highest BCUT2D eigenvalue weighted by molar-refractivity contribution is 5.92. The van der Waals surface area contributed by atoms with Gasteiger partial charge < -0.3 is 14.5 Å². The molecule has 1 atom stereocenters. The molecule has 1 unspecified atom stereocenters. The number of likely N-dealkylation sites (tertiary alicyclic amines) is 1. The lowest BCUT2D eigenvalue weighted by Gasteiger charge is -2.44. The molecule has 8 nitrogen and oxygen atoms in total. The molecule has 2 saturated heterocycles. The van der Waals surface area contributed by atoms with Crippen LogP contribution in [0.1, 0.15) is 55.9 Å². The number of hydrogen-bond acceptors (Lipinski definition) is 5. The Kier molecular flexibility index (Phi) is 7.27. The van der Waals surface area contributed by atoms with Crippen molar-refractivity contribution in [2.24, 2.45) is 5.92 Å². The van der Waals surface area contributed by atoms with Crippen molar-refractivity contribution in [3.05, 3.63) is 18.0 Å². The van der Waals surface area contributed by atoms with Gasteiger partial charge in [0, 0.05) is 77.2 Å². The van der Waals surface area contributed by atoms with E-state index < -0.39 is 0 Å². The zero-order valence-electron chi connectivity index (χ0n) is 19.0. The average molecular weight is 432 g/mol. The van der Waals surface area contributed by atoms with Gasteiger partial charge in [0.15, 0.2) is 0 Å². The number of hydrogen-bond donors (Lipinski definition) is 0. The minimum atomic E-state index is -0.0340. The lowest BCUT2D eigenvalue weighted by molar-refractivity contribution is -0.135. The minimum absolute atomic E-state index is 0.0340. The summed E-state index contributed by atoms with van der Waals surface area (Å²) in [5, 5.41) is 4.36. The van der Waals surface area contributed by atoms with E-state index in [1.807, 2.05) is 20.2 Å². The number of rotatable bonds is 8. The molecule has 1 saturated carbocycles. The van der Waals surface area contributed by atoms with Crippen LogP contribution in [-0.4, -0.2) is 94.8 Å². The first-order chi connectivity index (χ1) is 15.1. The van der Waals surface area contributed by atoms with Gasteiger partial charge in [-0.2, -0.15) is 5.10 Å². The van der Waals surface area contributed by atoms with Crippen LogP contribution in [0, 0.1) is 5.92 Å². The maximum atomic E-state index is 12.8. The highest BCUT2D eigenvalue weighted by Gasteiger charge is 2.38. The van der Waals surface area contributed by atoms with Crippen molar-refractivity contribution in [1.82, 2.24) is 24.5 Å². The molecule has 0 N–H and O–H groups in total. The van der Waals surface area contributed by atoms with Crippen LogP contribution in [0.2, 0.25) is 0 Å². The largest absolute Gasteiger partial charge is 0.381 e. The summed E-state index contributed by atoms with van der Waals surface area (Å²) in [5.74, 6) is 0.603. The van der Waals surface area contributed by atoms with Crippen LogP contribution in [0.15, 0.2) is 12.3 Å². The molecular weight excluding hydrogens is 394 g/mol. The highest BCUT2D eigenvalue weighted by Crippen LogP contribution is 2.33. The third-order valence-electron chi connectivity index (χ3n) is 6.99. The second-order valence-electron chi connectivity index (χ2n) is 9.22. The van der Waals surface area contributed by atoms with Gasteiger partial charge in [0.25, 0.3) is 5.91 Å². The van der Waals surface area contributed by atoms with Crippen molar-refractivity contribution >= 4 is 11.8 Å². The van der Waals surface area contributed by atoms with Gasteiger partial charge in [-0.05, 0) is 51.5 Å². The van der Waals surface area contributed by atoms with E-state index in [4.69, 9.17) is 4.74 Å². The Morgan fingerprint density at radius 3 is 2.58 bits per heavy atom. The van der Waals surface area contributed by atoms with Gasteiger partial charge in [-0.25, -0.2) is 0 Å². The second kappa shape index (κ2) is 10.1. The smallest absolute Gasteiger partial charge is 0.274 e. The highest BCUT2D eigenvalue weighted by atomic mass is 16.5. The van der Waals surface area contributed by atoms with E-state index in [1.54, 1.807) is 15.6 Å². The molecule has 3 heterocycles. The molecule has 0 radical (unpaired) electrons. The predicted octanol–water partition coefficient (Wildman–Crippen LogP) is 1.86. The third-order valence-corrected chi connectivity index (χ3v) is 6.99. The predicted molar refractivity (Wildman–Crippen MR) is 118 cm³/mol. The molecule has 2 aliphatic heterocycles. The normalized spacial score (nSPS) is 22.7. The molecule has 2 amide bonds. The molecule has 0 aromatic carbocycles. The van der Waals surface area contributed by atoms with Crippen LogP contribution >= 0.6 is 0 Å². The van der Waals surface area contributed by atoms with E-state index in [0.717, 1.165) is 77.9 Å². The number of ether oxygens (including phenoxy) is 1. The molecule has 1 aromatic rings. The summed E-state index contributed by atoms with van der Waals surface area (Å²) in [5.41, 5.74) is 0.501. The fourth-order valence-electron chi connectivity index (χ4n) is 4.91. The maximum absolute atomic E-state index is 12.8. The number of aromatic nitrogens is 2. The molecule has 0 spiro atoms. The topological polar surface area (TPSA) is 70.9 Å². The van der Waals surface area contributed by atoms with Crippen molar-refractivity contribution in [2.45, 2.75) is 64.1 Å². The van der Waals surface area contributed by atoms with Crippen molar-refractivity contribution in [2.75, 3.05) is 46.4 Å². The monoisotopic (exact) mass is 431 g/mol. The van der Waals surface area contributed by atoms with E-state index >= 15 is 0 Å². The van der Waals surface area contributed by atoms with Gasteiger partial charge in [0.05, 0.1) is 0 Å². The molecule has 3 fully saturated rings. The number of aryl methyl sites for hydroxylation is 1. The molecule has 1 aliphatic carbocycles. The van der Waals surface area contributed by atoms with Crippen LogP contribution in [-0.2, 0) is 16.1 Å². The van der Waals surface area contributed by atoms with Crippen LogP contribution in [0.3, 0.4) is 0 Å². The number of carbonyl (C=O) groups is 2. The summed E-state index contributed by atoms with van der Waals surface area (Å²) in [7, 11) is 1.86. The van der Waals surface area contributed by atoms with E-state index in [0.29, 0.717) is 30.2 Å². The lowest BCUT2D eigenvalue weighted by atomic mass is 9.98. The first-order valence-corrected chi connectivity index (χ1v) is 12.0. The Morgan fingerprint density at radius 2 is 1.90 bits per heavy atom. The summed E-state index contributed by atoms with van der Waals surface area (Å²) in [4.78, 5) is 31.9.